The van der Waals surface area contributed by atoms with Crippen LogP contribution in [0.15, 0.2) is 59.6 Å². The average molecular weight is 367 g/mol. The molecule has 132 valence electrons. The van der Waals surface area contributed by atoms with Crippen LogP contribution in [0.25, 0.3) is 16.3 Å². The van der Waals surface area contributed by atoms with E-state index in [4.69, 9.17) is 0 Å². The zero-order chi connectivity index (χ0) is 18.5. The van der Waals surface area contributed by atoms with E-state index in [0.29, 0.717) is 11.3 Å². The number of fused-ring (bicyclic) bond motifs is 1. The van der Waals surface area contributed by atoms with Gasteiger partial charge in [0.15, 0.2) is 4.80 Å². The Morgan fingerprint density at radius 1 is 1.27 bits per heavy atom. The van der Waals surface area contributed by atoms with Gasteiger partial charge < -0.3 is 4.57 Å². The minimum atomic E-state index is -0.423. The Labute approximate surface area is 153 Å². The maximum Gasteiger partial charge on any atom is 0.272 e. The summed E-state index contributed by atoms with van der Waals surface area (Å²) < 4.78 is 2.67. The maximum atomic E-state index is 12.2. The fourth-order valence-corrected chi connectivity index (χ4v) is 3.66. The van der Waals surface area contributed by atoms with E-state index in [9.17, 15) is 14.9 Å². The summed E-state index contributed by atoms with van der Waals surface area (Å²) in [4.78, 5) is 27.5. The van der Waals surface area contributed by atoms with E-state index in [2.05, 4.69) is 4.99 Å². The molecule has 0 saturated heterocycles. The number of nitrogens with zero attached hydrogens (tertiary/aromatic N) is 3. The third-order valence-electron chi connectivity index (χ3n) is 3.75. The SMILES string of the molecule is CCCn1c(=NC(=O)/C=C/c2ccccc2)sc2cc([N+](=O)[O-])ccc21. The van der Waals surface area contributed by atoms with Crippen LogP contribution in [0.1, 0.15) is 18.9 Å². The Kier molecular flexibility index (Phi) is 5.38. The Hall–Kier alpha value is -3.06. The van der Waals surface area contributed by atoms with Crippen LogP contribution in [-0.2, 0) is 11.3 Å². The van der Waals surface area contributed by atoms with Crippen molar-refractivity contribution in [2.45, 2.75) is 19.9 Å². The number of thiazole rings is 1. The van der Waals surface area contributed by atoms with Crippen LogP contribution >= 0.6 is 11.3 Å². The van der Waals surface area contributed by atoms with Crippen LogP contribution in [0.4, 0.5) is 5.69 Å². The number of nitro groups is 1. The van der Waals surface area contributed by atoms with Crippen molar-refractivity contribution in [1.82, 2.24) is 4.57 Å². The summed E-state index contributed by atoms with van der Waals surface area (Å²) in [6.07, 6.45) is 4.01. The van der Waals surface area contributed by atoms with Crippen molar-refractivity contribution in [1.29, 1.82) is 0 Å². The van der Waals surface area contributed by atoms with Gasteiger partial charge in [0, 0.05) is 24.8 Å². The highest BCUT2D eigenvalue weighted by Gasteiger charge is 2.12. The van der Waals surface area contributed by atoms with Crippen molar-refractivity contribution in [2.75, 3.05) is 0 Å². The van der Waals surface area contributed by atoms with Gasteiger partial charge in [-0.25, -0.2) is 0 Å². The van der Waals surface area contributed by atoms with Crippen molar-refractivity contribution >= 4 is 39.2 Å². The fourth-order valence-electron chi connectivity index (χ4n) is 2.56. The Bertz CT molecular complexity index is 1050. The van der Waals surface area contributed by atoms with Crippen molar-refractivity contribution in [2.24, 2.45) is 4.99 Å². The standard InChI is InChI=1S/C19H17N3O3S/c1-2-12-21-16-10-9-15(22(24)25)13-17(16)26-19(21)20-18(23)11-8-14-6-4-3-5-7-14/h3-11,13H,2,12H2,1H3/b11-8+,20-19?. The highest BCUT2D eigenvalue weighted by Crippen LogP contribution is 2.23. The molecule has 0 fully saturated rings. The van der Waals surface area contributed by atoms with Gasteiger partial charge >= 0.3 is 0 Å². The summed E-state index contributed by atoms with van der Waals surface area (Å²) in [7, 11) is 0. The van der Waals surface area contributed by atoms with E-state index in [1.165, 1.54) is 29.5 Å². The monoisotopic (exact) mass is 367 g/mol. The molecule has 0 saturated carbocycles. The number of carbonyl (C=O) groups excluding carboxylic acids is 1. The molecule has 3 rings (SSSR count). The number of hydrogen-bond acceptors (Lipinski definition) is 4. The molecule has 3 aromatic rings. The van der Waals surface area contributed by atoms with Gasteiger partial charge in [0.1, 0.15) is 0 Å². The first kappa shape index (κ1) is 17.8. The van der Waals surface area contributed by atoms with E-state index < -0.39 is 4.92 Å². The summed E-state index contributed by atoms with van der Waals surface area (Å²) in [6.45, 7) is 2.72. The number of carbonyl (C=O) groups is 1. The summed E-state index contributed by atoms with van der Waals surface area (Å²) in [5.74, 6) is -0.361. The smallest absolute Gasteiger partial charge is 0.272 e. The molecular formula is C19H17N3O3S. The summed E-state index contributed by atoms with van der Waals surface area (Å²) in [5.41, 5.74) is 1.80. The number of aryl methyl sites for hydroxylation is 1. The highest BCUT2D eigenvalue weighted by molar-refractivity contribution is 7.16. The molecule has 7 heteroatoms. The lowest BCUT2D eigenvalue weighted by molar-refractivity contribution is -0.384. The van der Waals surface area contributed by atoms with Crippen LogP contribution < -0.4 is 4.80 Å². The second-order valence-corrected chi connectivity index (χ2v) is 6.65. The first-order valence-corrected chi connectivity index (χ1v) is 8.99. The van der Waals surface area contributed by atoms with Gasteiger partial charge in [0.25, 0.3) is 11.6 Å². The molecule has 1 heterocycles. The number of nitro benzene ring substituents is 1. The van der Waals surface area contributed by atoms with E-state index in [0.717, 1.165) is 22.2 Å². The summed E-state index contributed by atoms with van der Waals surface area (Å²) in [5, 5.41) is 11.0. The Morgan fingerprint density at radius 2 is 2.04 bits per heavy atom. The minimum absolute atomic E-state index is 0.0317. The third kappa shape index (κ3) is 3.94. The molecule has 0 spiro atoms. The molecule has 0 aliphatic rings. The van der Waals surface area contributed by atoms with E-state index in [-0.39, 0.29) is 11.6 Å². The molecular weight excluding hydrogens is 350 g/mol. The second-order valence-electron chi connectivity index (χ2n) is 5.64. The number of benzene rings is 2. The van der Waals surface area contributed by atoms with Gasteiger partial charge in [-0.1, -0.05) is 48.6 Å². The van der Waals surface area contributed by atoms with Crippen molar-refractivity contribution < 1.29 is 9.72 Å². The third-order valence-corrected chi connectivity index (χ3v) is 4.79. The van der Waals surface area contributed by atoms with Gasteiger partial charge in [0.05, 0.1) is 15.1 Å². The van der Waals surface area contributed by atoms with Crippen LogP contribution in [0.5, 0.6) is 0 Å². The highest BCUT2D eigenvalue weighted by atomic mass is 32.1. The van der Waals surface area contributed by atoms with Gasteiger partial charge in [0.2, 0.25) is 0 Å². The topological polar surface area (TPSA) is 77.5 Å². The fraction of sp³-hybridized carbons (Fsp3) is 0.158. The van der Waals surface area contributed by atoms with Crippen LogP contribution in [0, 0.1) is 10.1 Å². The van der Waals surface area contributed by atoms with Crippen molar-refractivity contribution in [3.05, 3.63) is 75.1 Å². The normalized spacial score (nSPS) is 12.1. The largest absolute Gasteiger partial charge is 0.316 e. The molecule has 1 aromatic heterocycles. The number of hydrogen-bond donors (Lipinski definition) is 0. The van der Waals surface area contributed by atoms with E-state index >= 15 is 0 Å². The van der Waals surface area contributed by atoms with Gasteiger partial charge in [-0.2, -0.15) is 4.99 Å². The number of amides is 1. The zero-order valence-corrected chi connectivity index (χ0v) is 15.0. The number of rotatable bonds is 5. The molecule has 26 heavy (non-hydrogen) atoms. The lowest BCUT2D eigenvalue weighted by Gasteiger charge is -2.01. The van der Waals surface area contributed by atoms with Gasteiger partial charge in [-0.15, -0.1) is 0 Å². The van der Waals surface area contributed by atoms with Crippen LogP contribution in [0.3, 0.4) is 0 Å². The lowest BCUT2D eigenvalue weighted by Crippen LogP contribution is -2.16. The van der Waals surface area contributed by atoms with Crippen LogP contribution in [-0.4, -0.2) is 15.4 Å². The zero-order valence-electron chi connectivity index (χ0n) is 14.2. The molecule has 6 nitrogen and oxygen atoms in total. The van der Waals surface area contributed by atoms with Crippen molar-refractivity contribution in [3.8, 4) is 0 Å². The predicted octanol–water partition coefficient (Wildman–Crippen LogP) is 4.16. The molecule has 0 radical (unpaired) electrons. The van der Waals surface area contributed by atoms with Crippen molar-refractivity contribution in [3.63, 3.8) is 0 Å². The molecule has 0 bridgehead atoms. The molecule has 1 amide bonds. The summed E-state index contributed by atoms with van der Waals surface area (Å²) in [6, 6.07) is 14.2. The molecule has 0 atom stereocenters. The molecule has 0 aliphatic carbocycles. The second kappa shape index (κ2) is 7.88. The first-order valence-electron chi connectivity index (χ1n) is 8.18. The summed E-state index contributed by atoms with van der Waals surface area (Å²) >= 11 is 1.28. The number of aromatic nitrogens is 1. The van der Waals surface area contributed by atoms with E-state index in [1.807, 2.05) is 41.8 Å². The van der Waals surface area contributed by atoms with E-state index in [1.54, 1.807) is 12.1 Å². The lowest BCUT2D eigenvalue weighted by atomic mass is 10.2. The Morgan fingerprint density at radius 3 is 2.73 bits per heavy atom. The maximum absolute atomic E-state index is 12.2. The average Bonchev–Trinajstić information content (AvgIpc) is 2.97. The van der Waals surface area contributed by atoms with Gasteiger partial charge in [-0.05, 0) is 24.1 Å². The van der Waals surface area contributed by atoms with Crippen LogP contribution in [0.2, 0.25) is 0 Å². The Balaban J connectivity index is 2.00. The molecule has 0 aliphatic heterocycles. The molecule has 0 N–H and O–H groups in total. The molecule has 0 unspecified atom stereocenters. The minimum Gasteiger partial charge on any atom is -0.316 e. The quantitative estimate of drug-likeness (QED) is 0.386. The van der Waals surface area contributed by atoms with Gasteiger partial charge in [-0.3, -0.25) is 14.9 Å². The number of non-ortho nitro benzene ring substituents is 1. The predicted molar refractivity (Wildman–Crippen MR) is 103 cm³/mol. The molecule has 2 aromatic carbocycles. The first-order chi connectivity index (χ1) is 12.6.